The standard InChI is InChI=1S/C20H31N3O4/c1-15(2)16-13-17(27-21-16)19(25)22-10-7-20(8-11-22)6-5-18(24)23(14-20)9-4-12-26-3/h13,15H,4-12,14H2,1-3H3. The van der Waals surface area contributed by atoms with Gasteiger partial charge in [-0.3, -0.25) is 9.59 Å². The van der Waals surface area contributed by atoms with E-state index in [-0.39, 0.29) is 23.1 Å². The zero-order valence-corrected chi connectivity index (χ0v) is 16.7. The first-order valence-electron chi connectivity index (χ1n) is 9.97. The minimum atomic E-state index is -0.0758. The molecule has 0 saturated carbocycles. The molecule has 0 atom stereocenters. The molecule has 1 aromatic rings. The van der Waals surface area contributed by atoms with Gasteiger partial charge < -0.3 is 19.1 Å². The second-order valence-corrected chi connectivity index (χ2v) is 8.22. The number of methoxy groups -OCH3 is 1. The summed E-state index contributed by atoms with van der Waals surface area (Å²) in [6, 6.07) is 1.76. The predicted octanol–water partition coefficient (Wildman–Crippen LogP) is 2.68. The molecule has 1 aromatic heterocycles. The Bertz CT molecular complexity index is 662. The van der Waals surface area contributed by atoms with Gasteiger partial charge in [0.05, 0.1) is 5.69 Å². The van der Waals surface area contributed by atoms with Gasteiger partial charge in [-0.05, 0) is 37.0 Å². The molecule has 2 amide bonds. The van der Waals surface area contributed by atoms with Gasteiger partial charge in [0, 0.05) is 52.4 Å². The van der Waals surface area contributed by atoms with E-state index in [1.54, 1.807) is 13.2 Å². The lowest BCUT2D eigenvalue weighted by Crippen LogP contribution is -2.52. The smallest absolute Gasteiger partial charge is 0.292 e. The zero-order valence-electron chi connectivity index (χ0n) is 16.7. The van der Waals surface area contributed by atoms with Crippen molar-refractivity contribution < 1.29 is 18.8 Å². The van der Waals surface area contributed by atoms with Gasteiger partial charge in [-0.25, -0.2) is 0 Å². The summed E-state index contributed by atoms with van der Waals surface area (Å²) in [5.74, 6) is 0.740. The summed E-state index contributed by atoms with van der Waals surface area (Å²) in [5.41, 5.74) is 0.951. The third-order valence-electron chi connectivity index (χ3n) is 5.97. The maximum absolute atomic E-state index is 12.7. The highest BCUT2D eigenvalue weighted by Gasteiger charge is 2.42. The Kier molecular flexibility index (Phi) is 6.19. The molecule has 0 aliphatic carbocycles. The number of ether oxygens (including phenoxy) is 1. The number of nitrogens with zero attached hydrogens (tertiary/aromatic N) is 3. The van der Waals surface area contributed by atoms with Gasteiger partial charge in [0.1, 0.15) is 0 Å². The highest BCUT2D eigenvalue weighted by atomic mass is 16.5. The number of likely N-dealkylation sites (tertiary alicyclic amines) is 2. The van der Waals surface area contributed by atoms with E-state index in [0.29, 0.717) is 31.9 Å². The molecular formula is C20H31N3O4. The van der Waals surface area contributed by atoms with E-state index < -0.39 is 0 Å². The van der Waals surface area contributed by atoms with Crippen molar-refractivity contribution in [2.45, 2.75) is 51.9 Å². The third kappa shape index (κ3) is 4.51. The molecule has 7 heteroatoms. The van der Waals surface area contributed by atoms with E-state index >= 15 is 0 Å². The fraction of sp³-hybridized carbons (Fsp3) is 0.750. The van der Waals surface area contributed by atoms with Gasteiger partial charge in [0.2, 0.25) is 11.7 Å². The Labute approximate surface area is 161 Å². The van der Waals surface area contributed by atoms with Crippen LogP contribution in [0.4, 0.5) is 0 Å². The Balaban J connectivity index is 1.57. The van der Waals surface area contributed by atoms with Gasteiger partial charge in [-0.15, -0.1) is 0 Å². The van der Waals surface area contributed by atoms with Crippen LogP contribution in [-0.2, 0) is 9.53 Å². The predicted molar refractivity (Wildman–Crippen MR) is 100 cm³/mol. The summed E-state index contributed by atoms with van der Waals surface area (Å²) in [6.07, 6.45) is 4.26. The van der Waals surface area contributed by atoms with Crippen LogP contribution in [0.1, 0.15) is 68.1 Å². The monoisotopic (exact) mass is 377 g/mol. The zero-order chi connectivity index (χ0) is 19.4. The lowest BCUT2D eigenvalue weighted by molar-refractivity contribution is -0.139. The van der Waals surface area contributed by atoms with E-state index in [4.69, 9.17) is 9.26 Å². The molecule has 0 N–H and O–H groups in total. The molecule has 3 rings (SSSR count). The first-order valence-corrected chi connectivity index (χ1v) is 9.97. The van der Waals surface area contributed by atoms with Crippen molar-refractivity contribution in [1.82, 2.24) is 15.0 Å². The summed E-state index contributed by atoms with van der Waals surface area (Å²) in [5, 5.41) is 3.99. The number of amides is 2. The van der Waals surface area contributed by atoms with Crippen molar-refractivity contribution in [3.63, 3.8) is 0 Å². The molecule has 0 aromatic carbocycles. The van der Waals surface area contributed by atoms with Crippen LogP contribution in [0.3, 0.4) is 0 Å². The van der Waals surface area contributed by atoms with Crippen molar-refractivity contribution in [3.05, 3.63) is 17.5 Å². The Morgan fingerprint density at radius 1 is 1.33 bits per heavy atom. The van der Waals surface area contributed by atoms with Gasteiger partial charge in [0.25, 0.3) is 5.91 Å². The molecule has 0 unspecified atom stereocenters. The van der Waals surface area contributed by atoms with Crippen molar-refractivity contribution in [1.29, 1.82) is 0 Å². The molecule has 0 radical (unpaired) electrons. The number of rotatable bonds is 6. The highest BCUT2D eigenvalue weighted by molar-refractivity contribution is 5.91. The van der Waals surface area contributed by atoms with Crippen LogP contribution in [0.25, 0.3) is 0 Å². The van der Waals surface area contributed by atoms with E-state index in [1.807, 2.05) is 23.6 Å². The fourth-order valence-electron chi connectivity index (χ4n) is 4.12. The maximum atomic E-state index is 12.7. The SMILES string of the molecule is COCCCN1CC2(CCC1=O)CCN(C(=O)c1cc(C(C)C)no1)CC2. The fourth-order valence-corrected chi connectivity index (χ4v) is 4.12. The van der Waals surface area contributed by atoms with Crippen molar-refractivity contribution in [3.8, 4) is 0 Å². The summed E-state index contributed by atoms with van der Waals surface area (Å²) in [6.45, 7) is 7.70. The molecule has 2 aliphatic rings. The number of carbonyl (C=O) groups is 2. The molecule has 2 saturated heterocycles. The lowest BCUT2D eigenvalue weighted by atomic mass is 9.72. The Hall–Kier alpha value is -1.89. The van der Waals surface area contributed by atoms with Crippen LogP contribution < -0.4 is 0 Å². The van der Waals surface area contributed by atoms with Gasteiger partial charge in [0.15, 0.2) is 0 Å². The van der Waals surface area contributed by atoms with Crippen LogP contribution in [0.2, 0.25) is 0 Å². The number of hydrogen-bond acceptors (Lipinski definition) is 5. The summed E-state index contributed by atoms with van der Waals surface area (Å²) in [7, 11) is 1.69. The molecule has 2 fully saturated rings. The molecule has 150 valence electrons. The minimum absolute atomic E-state index is 0.0758. The lowest BCUT2D eigenvalue weighted by Gasteiger charge is -2.47. The first kappa shape index (κ1) is 19.9. The molecule has 1 spiro atoms. The normalized spacial score (nSPS) is 19.9. The summed E-state index contributed by atoms with van der Waals surface area (Å²) >= 11 is 0. The molecule has 27 heavy (non-hydrogen) atoms. The minimum Gasteiger partial charge on any atom is -0.385 e. The van der Waals surface area contributed by atoms with Crippen molar-refractivity contribution in [2.24, 2.45) is 5.41 Å². The third-order valence-corrected chi connectivity index (χ3v) is 5.97. The van der Waals surface area contributed by atoms with E-state index in [2.05, 4.69) is 5.16 Å². The van der Waals surface area contributed by atoms with Crippen LogP contribution in [0.5, 0.6) is 0 Å². The van der Waals surface area contributed by atoms with Crippen molar-refractivity contribution >= 4 is 11.8 Å². The molecule has 2 aliphatic heterocycles. The molecule has 0 bridgehead atoms. The van der Waals surface area contributed by atoms with Crippen molar-refractivity contribution in [2.75, 3.05) is 39.9 Å². The maximum Gasteiger partial charge on any atom is 0.292 e. The highest BCUT2D eigenvalue weighted by Crippen LogP contribution is 2.40. The number of piperidine rings is 2. The quantitative estimate of drug-likeness (QED) is 0.713. The van der Waals surface area contributed by atoms with E-state index in [1.165, 1.54) is 0 Å². The largest absolute Gasteiger partial charge is 0.385 e. The van der Waals surface area contributed by atoms with Crippen LogP contribution >= 0.6 is 0 Å². The summed E-state index contributed by atoms with van der Waals surface area (Å²) in [4.78, 5) is 28.8. The van der Waals surface area contributed by atoms with Gasteiger partial charge >= 0.3 is 0 Å². The number of aromatic nitrogens is 1. The van der Waals surface area contributed by atoms with Gasteiger partial charge in [-0.1, -0.05) is 19.0 Å². The second-order valence-electron chi connectivity index (χ2n) is 8.22. The van der Waals surface area contributed by atoms with Gasteiger partial charge in [-0.2, -0.15) is 0 Å². The number of hydrogen-bond donors (Lipinski definition) is 0. The molecule has 7 nitrogen and oxygen atoms in total. The Morgan fingerprint density at radius 2 is 2.07 bits per heavy atom. The average Bonchev–Trinajstić information content (AvgIpc) is 3.16. The topological polar surface area (TPSA) is 75.9 Å². The number of carbonyl (C=O) groups excluding carboxylic acids is 2. The Morgan fingerprint density at radius 3 is 2.70 bits per heavy atom. The average molecular weight is 377 g/mol. The first-order chi connectivity index (χ1) is 12.9. The van der Waals surface area contributed by atoms with E-state index in [9.17, 15) is 9.59 Å². The second kappa shape index (κ2) is 8.42. The van der Waals surface area contributed by atoms with Crippen LogP contribution in [0.15, 0.2) is 10.6 Å². The molecular weight excluding hydrogens is 346 g/mol. The van der Waals surface area contributed by atoms with Crippen LogP contribution in [0, 0.1) is 5.41 Å². The van der Waals surface area contributed by atoms with E-state index in [0.717, 1.165) is 44.5 Å². The van der Waals surface area contributed by atoms with Crippen LogP contribution in [-0.4, -0.2) is 66.7 Å². The summed E-state index contributed by atoms with van der Waals surface area (Å²) < 4.78 is 10.4. The molecule has 3 heterocycles.